The summed E-state index contributed by atoms with van der Waals surface area (Å²) < 4.78 is 2.09. The van der Waals surface area contributed by atoms with Crippen LogP contribution in [0, 0.1) is 6.92 Å². The highest BCUT2D eigenvalue weighted by Gasteiger charge is 2.27. The maximum atomic E-state index is 5.60. The van der Waals surface area contributed by atoms with E-state index in [1.54, 1.807) is 0 Å². The first-order valence-electron chi connectivity index (χ1n) is 7.38. The Morgan fingerprint density at radius 2 is 2.25 bits per heavy atom. The molecule has 0 saturated heterocycles. The molecule has 1 aliphatic rings. The van der Waals surface area contributed by atoms with Crippen LogP contribution in [-0.2, 0) is 0 Å². The van der Waals surface area contributed by atoms with Crippen LogP contribution in [0.15, 0.2) is 30.5 Å². The number of hydrogen-bond acceptors (Lipinski definition) is 3. The van der Waals surface area contributed by atoms with E-state index < -0.39 is 0 Å². The van der Waals surface area contributed by atoms with Gasteiger partial charge in [-0.2, -0.15) is 5.10 Å². The largest absolute Gasteiger partial charge is 0.381 e. The first-order chi connectivity index (χ1) is 9.79. The van der Waals surface area contributed by atoms with Gasteiger partial charge in [0.05, 0.1) is 23.3 Å². The van der Waals surface area contributed by atoms with Crippen molar-refractivity contribution in [2.75, 3.05) is 18.4 Å². The quantitative estimate of drug-likeness (QED) is 0.878. The monoisotopic (exact) mass is 270 g/mol. The van der Waals surface area contributed by atoms with Crippen LogP contribution in [0.25, 0.3) is 5.69 Å². The van der Waals surface area contributed by atoms with Gasteiger partial charge in [-0.25, -0.2) is 4.68 Å². The van der Waals surface area contributed by atoms with Gasteiger partial charge in [-0.15, -0.1) is 0 Å². The van der Waals surface area contributed by atoms with Crippen molar-refractivity contribution in [1.82, 2.24) is 9.78 Å². The van der Waals surface area contributed by atoms with Crippen molar-refractivity contribution in [2.45, 2.75) is 32.1 Å². The molecule has 0 amide bonds. The smallest absolute Gasteiger partial charge is 0.0767 e. The maximum Gasteiger partial charge on any atom is 0.0767 e. The molecule has 4 nitrogen and oxygen atoms in total. The van der Waals surface area contributed by atoms with Crippen LogP contribution in [0.1, 0.15) is 36.4 Å². The van der Waals surface area contributed by atoms with E-state index >= 15 is 0 Å². The Labute approximate surface area is 120 Å². The molecule has 0 bridgehead atoms. The van der Waals surface area contributed by atoms with E-state index in [0.717, 1.165) is 17.9 Å². The molecule has 0 spiro atoms. The third-order valence-electron chi connectivity index (χ3n) is 4.00. The summed E-state index contributed by atoms with van der Waals surface area (Å²) in [4.78, 5) is 0. The Balaban J connectivity index is 1.99. The molecule has 0 aliphatic heterocycles. The van der Waals surface area contributed by atoms with Crippen molar-refractivity contribution in [1.29, 1.82) is 0 Å². The Hall–Kier alpha value is -1.81. The topological polar surface area (TPSA) is 55.9 Å². The fraction of sp³-hybridized carbons (Fsp3) is 0.438. The lowest BCUT2D eigenvalue weighted by atomic mass is 9.82. The molecule has 1 aromatic heterocycles. The molecule has 106 valence electrons. The first kappa shape index (κ1) is 13.2. The molecule has 20 heavy (non-hydrogen) atoms. The van der Waals surface area contributed by atoms with Crippen LogP contribution < -0.4 is 11.1 Å². The minimum atomic E-state index is 0.623. The normalized spacial score (nSPS) is 15.1. The lowest BCUT2D eigenvalue weighted by molar-refractivity contribution is 0.404. The molecule has 0 atom stereocenters. The number of rotatable bonds is 5. The summed E-state index contributed by atoms with van der Waals surface area (Å²) in [6, 6.07) is 8.50. The molecule has 2 aromatic rings. The van der Waals surface area contributed by atoms with Gasteiger partial charge >= 0.3 is 0 Å². The summed E-state index contributed by atoms with van der Waals surface area (Å²) in [6.45, 7) is 3.54. The highest BCUT2D eigenvalue weighted by molar-refractivity contribution is 5.52. The molecule has 1 saturated carbocycles. The van der Waals surface area contributed by atoms with Gasteiger partial charge in [0.2, 0.25) is 0 Å². The average molecular weight is 270 g/mol. The van der Waals surface area contributed by atoms with Crippen LogP contribution in [0.5, 0.6) is 0 Å². The Kier molecular flexibility index (Phi) is 3.74. The predicted molar refractivity (Wildman–Crippen MR) is 82.4 cm³/mol. The fourth-order valence-electron chi connectivity index (χ4n) is 2.74. The Morgan fingerprint density at radius 3 is 2.90 bits per heavy atom. The zero-order valence-corrected chi connectivity index (χ0v) is 12.0. The van der Waals surface area contributed by atoms with Crippen LogP contribution >= 0.6 is 0 Å². The molecular formula is C16H22N4. The van der Waals surface area contributed by atoms with Gasteiger partial charge < -0.3 is 11.1 Å². The molecule has 3 rings (SSSR count). The van der Waals surface area contributed by atoms with E-state index in [1.165, 1.54) is 30.5 Å². The Bertz CT molecular complexity index is 584. The van der Waals surface area contributed by atoms with Crippen molar-refractivity contribution in [3.8, 4) is 5.69 Å². The lowest BCUT2D eigenvalue weighted by Crippen LogP contribution is -2.18. The Morgan fingerprint density at radius 1 is 1.40 bits per heavy atom. The van der Waals surface area contributed by atoms with Crippen molar-refractivity contribution >= 4 is 5.69 Å². The van der Waals surface area contributed by atoms with E-state index in [-0.39, 0.29) is 0 Å². The number of aromatic nitrogens is 2. The molecule has 1 aromatic carbocycles. The summed E-state index contributed by atoms with van der Waals surface area (Å²) in [5, 5.41) is 8.01. The molecule has 0 radical (unpaired) electrons. The van der Waals surface area contributed by atoms with Gasteiger partial charge in [-0.1, -0.05) is 18.6 Å². The van der Waals surface area contributed by atoms with Crippen molar-refractivity contribution in [3.05, 3.63) is 41.7 Å². The van der Waals surface area contributed by atoms with Gasteiger partial charge in [0.1, 0.15) is 0 Å². The van der Waals surface area contributed by atoms with E-state index in [9.17, 15) is 0 Å². The lowest BCUT2D eigenvalue weighted by Gasteiger charge is -2.27. The van der Waals surface area contributed by atoms with E-state index in [0.29, 0.717) is 12.5 Å². The number of aryl methyl sites for hydroxylation is 1. The van der Waals surface area contributed by atoms with Gasteiger partial charge in [0, 0.05) is 19.0 Å². The minimum Gasteiger partial charge on any atom is -0.381 e. The molecule has 4 heteroatoms. The number of nitrogens with one attached hydrogen (secondary N) is 1. The van der Waals surface area contributed by atoms with Crippen molar-refractivity contribution in [2.24, 2.45) is 5.73 Å². The first-order valence-corrected chi connectivity index (χ1v) is 7.38. The summed E-state index contributed by atoms with van der Waals surface area (Å²) >= 11 is 0. The number of nitrogens with two attached hydrogens (primary N) is 1. The SMILES string of the molecule is Cc1cccc(-n2ncc(NCCN)c2C2CCC2)c1. The van der Waals surface area contributed by atoms with Gasteiger partial charge in [-0.3, -0.25) is 0 Å². The maximum absolute atomic E-state index is 5.60. The number of hydrogen-bond donors (Lipinski definition) is 2. The summed E-state index contributed by atoms with van der Waals surface area (Å²) in [6.07, 6.45) is 5.77. The van der Waals surface area contributed by atoms with E-state index in [4.69, 9.17) is 5.73 Å². The molecule has 1 fully saturated rings. The summed E-state index contributed by atoms with van der Waals surface area (Å²) in [5.74, 6) is 0.623. The molecule has 1 heterocycles. The fourth-order valence-corrected chi connectivity index (χ4v) is 2.74. The number of nitrogens with zero attached hydrogens (tertiary/aromatic N) is 2. The highest BCUT2D eigenvalue weighted by atomic mass is 15.3. The minimum absolute atomic E-state index is 0.623. The molecule has 1 aliphatic carbocycles. The molecular weight excluding hydrogens is 248 g/mol. The van der Waals surface area contributed by atoms with E-state index in [1.807, 2.05) is 6.20 Å². The zero-order valence-electron chi connectivity index (χ0n) is 12.0. The van der Waals surface area contributed by atoms with Crippen LogP contribution in [0.3, 0.4) is 0 Å². The van der Waals surface area contributed by atoms with Gasteiger partial charge in [-0.05, 0) is 37.5 Å². The number of benzene rings is 1. The van der Waals surface area contributed by atoms with Crippen LogP contribution in [0.4, 0.5) is 5.69 Å². The third-order valence-corrected chi connectivity index (χ3v) is 4.00. The average Bonchev–Trinajstić information content (AvgIpc) is 2.78. The predicted octanol–water partition coefficient (Wildman–Crippen LogP) is 2.82. The van der Waals surface area contributed by atoms with Crippen molar-refractivity contribution < 1.29 is 0 Å². The van der Waals surface area contributed by atoms with Gasteiger partial charge in [0.25, 0.3) is 0 Å². The second-order valence-electron chi connectivity index (χ2n) is 5.54. The van der Waals surface area contributed by atoms with Gasteiger partial charge in [0.15, 0.2) is 0 Å². The summed E-state index contributed by atoms with van der Waals surface area (Å²) in [5.41, 5.74) is 10.5. The molecule has 3 N–H and O–H groups in total. The second kappa shape index (κ2) is 5.67. The van der Waals surface area contributed by atoms with E-state index in [2.05, 4.69) is 46.3 Å². The van der Waals surface area contributed by atoms with Crippen LogP contribution in [-0.4, -0.2) is 22.9 Å². The van der Waals surface area contributed by atoms with Crippen molar-refractivity contribution in [3.63, 3.8) is 0 Å². The highest BCUT2D eigenvalue weighted by Crippen LogP contribution is 2.40. The zero-order chi connectivity index (χ0) is 13.9. The summed E-state index contributed by atoms with van der Waals surface area (Å²) in [7, 11) is 0. The second-order valence-corrected chi connectivity index (χ2v) is 5.54. The standard InChI is InChI=1S/C16H22N4/c1-12-4-2-7-14(10-12)20-16(13-5-3-6-13)15(11-19-20)18-9-8-17/h2,4,7,10-11,13,18H,3,5-6,8-9,17H2,1H3. The van der Waals surface area contributed by atoms with Crippen LogP contribution in [0.2, 0.25) is 0 Å². The third kappa shape index (κ3) is 2.43. The molecule has 0 unspecified atom stereocenters. The number of anilines is 1.